The first-order chi connectivity index (χ1) is 11.2. The van der Waals surface area contributed by atoms with E-state index in [2.05, 4.69) is 15.9 Å². The highest BCUT2D eigenvalue weighted by Gasteiger charge is 2.32. The average molecular weight is 428 g/mol. The molecule has 1 aliphatic rings. The SMILES string of the molecule is O=C(NCC(F)(F)F)C1CCN(C(=O)c2cc(Br)ccc2Cl)CC1. The van der Waals surface area contributed by atoms with Crippen LogP contribution in [0.25, 0.3) is 0 Å². The molecule has 1 aromatic rings. The van der Waals surface area contributed by atoms with Crippen molar-refractivity contribution >= 4 is 39.3 Å². The molecule has 9 heteroatoms. The molecular weight excluding hydrogens is 413 g/mol. The van der Waals surface area contributed by atoms with Gasteiger partial charge < -0.3 is 10.2 Å². The van der Waals surface area contributed by atoms with E-state index in [9.17, 15) is 22.8 Å². The zero-order chi connectivity index (χ0) is 17.9. The zero-order valence-electron chi connectivity index (χ0n) is 12.5. The zero-order valence-corrected chi connectivity index (χ0v) is 14.8. The van der Waals surface area contributed by atoms with Gasteiger partial charge in [0.2, 0.25) is 5.91 Å². The Morgan fingerprint density at radius 2 is 1.92 bits per heavy atom. The number of benzene rings is 1. The van der Waals surface area contributed by atoms with E-state index in [0.29, 0.717) is 36.5 Å². The lowest BCUT2D eigenvalue weighted by molar-refractivity contribution is -0.141. The van der Waals surface area contributed by atoms with Crippen LogP contribution in [0.3, 0.4) is 0 Å². The van der Waals surface area contributed by atoms with Crippen molar-refractivity contribution < 1.29 is 22.8 Å². The lowest BCUT2D eigenvalue weighted by Crippen LogP contribution is -2.44. The van der Waals surface area contributed by atoms with Crippen LogP contribution in [0.4, 0.5) is 13.2 Å². The largest absolute Gasteiger partial charge is 0.405 e. The summed E-state index contributed by atoms with van der Waals surface area (Å²) in [6.07, 6.45) is -3.79. The number of hydrogen-bond donors (Lipinski definition) is 1. The number of hydrogen-bond acceptors (Lipinski definition) is 2. The van der Waals surface area contributed by atoms with E-state index in [1.54, 1.807) is 23.1 Å². The van der Waals surface area contributed by atoms with Gasteiger partial charge in [0.05, 0.1) is 10.6 Å². The molecule has 1 aromatic carbocycles. The molecule has 4 nitrogen and oxygen atoms in total. The van der Waals surface area contributed by atoms with Gasteiger partial charge in [0.1, 0.15) is 6.54 Å². The van der Waals surface area contributed by atoms with Gasteiger partial charge in [-0.15, -0.1) is 0 Å². The summed E-state index contributed by atoms with van der Waals surface area (Å²) in [5.41, 5.74) is 0.353. The predicted octanol–water partition coefficient (Wildman–Crippen LogP) is 3.63. The van der Waals surface area contributed by atoms with E-state index in [-0.39, 0.29) is 5.91 Å². The lowest BCUT2D eigenvalue weighted by atomic mass is 9.95. The van der Waals surface area contributed by atoms with Gasteiger partial charge in [-0.3, -0.25) is 9.59 Å². The van der Waals surface area contributed by atoms with E-state index in [1.165, 1.54) is 0 Å². The lowest BCUT2D eigenvalue weighted by Gasteiger charge is -2.31. The topological polar surface area (TPSA) is 49.4 Å². The highest BCUT2D eigenvalue weighted by Crippen LogP contribution is 2.25. The van der Waals surface area contributed by atoms with Crippen molar-refractivity contribution in [1.82, 2.24) is 10.2 Å². The first-order valence-corrected chi connectivity index (χ1v) is 8.43. The number of piperidine rings is 1. The number of carbonyl (C=O) groups is 2. The van der Waals surface area contributed by atoms with E-state index < -0.39 is 24.5 Å². The Balaban J connectivity index is 1.91. The quantitative estimate of drug-likeness (QED) is 0.801. The summed E-state index contributed by atoms with van der Waals surface area (Å²) in [5.74, 6) is -1.40. The molecule has 0 aliphatic carbocycles. The summed E-state index contributed by atoms with van der Waals surface area (Å²) in [6, 6.07) is 4.94. The molecule has 1 heterocycles. The third-order valence-electron chi connectivity index (χ3n) is 3.77. The summed E-state index contributed by atoms with van der Waals surface area (Å²) in [5, 5.41) is 2.22. The van der Waals surface area contributed by atoms with Crippen LogP contribution in [-0.2, 0) is 4.79 Å². The van der Waals surface area contributed by atoms with Crippen LogP contribution in [0, 0.1) is 5.92 Å². The van der Waals surface area contributed by atoms with Crippen LogP contribution in [0.2, 0.25) is 5.02 Å². The number of nitrogens with zero attached hydrogens (tertiary/aromatic N) is 1. The number of likely N-dealkylation sites (tertiary alicyclic amines) is 1. The fourth-order valence-electron chi connectivity index (χ4n) is 2.51. The Morgan fingerprint density at radius 1 is 1.29 bits per heavy atom. The molecular formula is C15H15BrClF3N2O2. The molecule has 0 aromatic heterocycles. The Morgan fingerprint density at radius 3 is 2.50 bits per heavy atom. The average Bonchev–Trinajstić information content (AvgIpc) is 2.53. The smallest absolute Gasteiger partial charge is 0.347 e. The van der Waals surface area contributed by atoms with Gasteiger partial charge >= 0.3 is 6.18 Å². The Hall–Kier alpha value is -1.28. The minimum atomic E-state index is -4.43. The van der Waals surface area contributed by atoms with Crippen molar-refractivity contribution in [2.24, 2.45) is 5.92 Å². The van der Waals surface area contributed by atoms with Crippen molar-refractivity contribution in [3.05, 3.63) is 33.3 Å². The minimum absolute atomic E-state index is 0.254. The molecule has 0 saturated carbocycles. The molecule has 0 bridgehead atoms. The van der Waals surface area contributed by atoms with Crippen LogP contribution in [-0.4, -0.2) is 42.5 Å². The first-order valence-electron chi connectivity index (χ1n) is 7.26. The molecule has 24 heavy (non-hydrogen) atoms. The van der Waals surface area contributed by atoms with Crippen LogP contribution in [0.1, 0.15) is 23.2 Å². The second kappa shape index (κ2) is 7.74. The van der Waals surface area contributed by atoms with Gasteiger partial charge in [0, 0.05) is 23.5 Å². The van der Waals surface area contributed by atoms with Crippen LogP contribution in [0.15, 0.2) is 22.7 Å². The highest BCUT2D eigenvalue weighted by atomic mass is 79.9. The van der Waals surface area contributed by atoms with E-state index >= 15 is 0 Å². The first kappa shape index (κ1) is 19.1. The fourth-order valence-corrected chi connectivity index (χ4v) is 3.07. The van der Waals surface area contributed by atoms with Crippen molar-refractivity contribution in [1.29, 1.82) is 0 Å². The predicted molar refractivity (Wildman–Crippen MR) is 86.8 cm³/mol. The van der Waals surface area contributed by atoms with Gasteiger partial charge in [0.15, 0.2) is 0 Å². The molecule has 0 unspecified atom stereocenters. The molecule has 0 radical (unpaired) electrons. The summed E-state index contributed by atoms with van der Waals surface area (Å²) < 4.78 is 37.1. The number of rotatable bonds is 3. The molecule has 132 valence electrons. The third-order valence-corrected chi connectivity index (χ3v) is 4.60. The molecule has 1 fully saturated rings. The Bertz CT molecular complexity index is 632. The Kier molecular flexibility index (Phi) is 6.14. The summed E-state index contributed by atoms with van der Waals surface area (Å²) in [7, 11) is 0. The van der Waals surface area contributed by atoms with Gasteiger partial charge in [-0.2, -0.15) is 13.2 Å². The number of halogens is 5. The molecule has 2 amide bonds. The monoisotopic (exact) mass is 426 g/mol. The van der Waals surface area contributed by atoms with E-state index in [4.69, 9.17) is 11.6 Å². The normalized spacial score (nSPS) is 16.1. The van der Waals surface area contributed by atoms with Crippen molar-refractivity contribution in [3.8, 4) is 0 Å². The fraction of sp³-hybridized carbons (Fsp3) is 0.467. The van der Waals surface area contributed by atoms with Crippen molar-refractivity contribution in [3.63, 3.8) is 0 Å². The van der Waals surface area contributed by atoms with E-state index in [1.807, 2.05) is 5.32 Å². The Labute approximate surface area is 150 Å². The molecule has 2 rings (SSSR count). The van der Waals surface area contributed by atoms with E-state index in [0.717, 1.165) is 4.47 Å². The molecule has 1 N–H and O–H groups in total. The second-order valence-electron chi connectivity index (χ2n) is 5.52. The molecule has 1 saturated heterocycles. The molecule has 0 atom stereocenters. The number of nitrogens with one attached hydrogen (secondary N) is 1. The van der Waals surface area contributed by atoms with Crippen molar-refractivity contribution in [2.75, 3.05) is 19.6 Å². The summed E-state index contributed by atoms with van der Waals surface area (Å²) >= 11 is 9.31. The summed E-state index contributed by atoms with van der Waals surface area (Å²) in [6.45, 7) is -0.740. The number of alkyl halides is 3. The van der Waals surface area contributed by atoms with Gasteiger partial charge in [-0.1, -0.05) is 27.5 Å². The minimum Gasteiger partial charge on any atom is -0.347 e. The summed E-state index contributed by atoms with van der Waals surface area (Å²) in [4.78, 5) is 25.8. The van der Waals surface area contributed by atoms with Gasteiger partial charge in [0.25, 0.3) is 5.91 Å². The number of amides is 2. The second-order valence-corrected chi connectivity index (χ2v) is 6.85. The van der Waals surface area contributed by atoms with Crippen molar-refractivity contribution in [2.45, 2.75) is 19.0 Å². The van der Waals surface area contributed by atoms with Crippen LogP contribution in [0.5, 0.6) is 0 Å². The standard InChI is InChI=1S/C15H15BrClF3N2O2/c16-10-1-2-12(17)11(7-10)14(24)22-5-3-9(4-6-22)13(23)21-8-15(18,19)20/h1-2,7,9H,3-6,8H2,(H,21,23). The molecule has 1 aliphatic heterocycles. The van der Waals surface area contributed by atoms with Gasteiger partial charge in [-0.05, 0) is 31.0 Å². The maximum Gasteiger partial charge on any atom is 0.405 e. The van der Waals surface area contributed by atoms with Crippen LogP contribution < -0.4 is 5.32 Å². The van der Waals surface area contributed by atoms with Crippen LogP contribution >= 0.6 is 27.5 Å². The third kappa shape index (κ3) is 5.11. The number of carbonyl (C=O) groups excluding carboxylic acids is 2. The maximum absolute atomic E-state index is 12.5. The highest BCUT2D eigenvalue weighted by molar-refractivity contribution is 9.10. The molecule has 0 spiro atoms. The maximum atomic E-state index is 12.5. The van der Waals surface area contributed by atoms with Gasteiger partial charge in [-0.25, -0.2) is 0 Å².